The van der Waals surface area contributed by atoms with E-state index in [2.05, 4.69) is 50.2 Å². The summed E-state index contributed by atoms with van der Waals surface area (Å²) in [6.07, 6.45) is -3.29. The number of rotatable bonds is 6. The van der Waals surface area contributed by atoms with Crippen molar-refractivity contribution in [2.45, 2.75) is 13.8 Å². The molecule has 0 aliphatic carbocycles. The second-order valence-corrected chi connectivity index (χ2v) is 13.6. The first-order chi connectivity index (χ1) is 29.9. The zero-order chi connectivity index (χ0) is 47.6. The van der Waals surface area contributed by atoms with E-state index in [0.29, 0.717) is 0 Å². The van der Waals surface area contributed by atoms with Gasteiger partial charge in [-0.25, -0.2) is 92.6 Å². The molecule has 0 saturated heterocycles. The minimum absolute atomic E-state index is 0.889. The van der Waals surface area contributed by atoms with E-state index in [1.165, 1.54) is 10.9 Å². The predicted octanol–water partition coefficient (Wildman–Crippen LogP) is 9.43. The minimum atomic E-state index is -7.22. The minimum Gasteiger partial charge on any atom is -0.231 e. The van der Waals surface area contributed by atoms with Gasteiger partial charge in [0.25, 0.3) is 0 Å². The fraction of sp³-hybridized carbons (Fsp3) is 0.0488. The van der Waals surface area contributed by atoms with Crippen molar-refractivity contribution in [1.29, 1.82) is 0 Å². The Balaban J connectivity index is 0.000000295. The lowest BCUT2D eigenvalue weighted by Crippen LogP contribution is -2.81. The number of nitrogens with zero attached hydrogens (tertiary/aromatic N) is 1. The van der Waals surface area contributed by atoms with Crippen LogP contribution < -0.4 is 31.4 Å². The van der Waals surface area contributed by atoms with E-state index < -0.39 is 144 Å². The zero-order valence-corrected chi connectivity index (χ0v) is 31.3. The Morgan fingerprint density at radius 3 is 0.984 bits per heavy atom. The topological polar surface area (TPSA) is 13.1 Å². The summed E-state index contributed by atoms with van der Waals surface area (Å²) in [6.45, 7) is 4.12. The van der Waals surface area contributed by atoms with Crippen LogP contribution in [0.25, 0.3) is 10.8 Å². The normalized spacial score (nSPS) is 11.6. The Labute approximate surface area is 344 Å². The van der Waals surface area contributed by atoms with E-state index in [4.69, 9.17) is 4.84 Å². The lowest BCUT2D eigenvalue weighted by Gasteiger charge is -2.44. The number of aryl methyl sites for hydroxylation is 2. The molecule has 1 aromatic heterocycles. The third-order valence-corrected chi connectivity index (χ3v) is 9.92. The molecule has 7 rings (SSSR count). The Kier molecular flexibility index (Phi) is 12.4. The molecule has 1 heterocycles. The summed E-state index contributed by atoms with van der Waals surface area (Å²) in [6, 6.07) is 16.5. The summed E-state index contributed by atoms with van der Waals surface area (Å²) in [5, 5.41) is 2.37. The van der Waals surface area contributed by atoms with Crippen molar-refractivity contribution in [1.82, 2.24) is 0 Å². The number of hydrogen-bond acceptors (Lipinski definition) is 1. The molecule has 6 aromatic carbocycles. The van der Waals surface area contributed by atoms with E-state index in [0.717, 1.165) is 16.7 Å². The second-order valence-electron chi connectivity index (χ2n) is 13.6. The van der Waals surface area contributed by atoms with Crippen LogP contribution in [0.15, 0.2) is 60.9 Å². The van der Waals surface area contributed by atoms with Crippen molar-refractivity contribution in [3.8, 4) is 5.75 Å². The fourth-order valence-corrected chi connectivity index (χ4v) is 6.96. The monoisotopic (exact) mass is 929 g/mol. The fourth-order valence-electron chi connectivity index (χ4n) is 6.96. The number of hydrogen-bond donors (Lipinski definition) is 0. The van der Waals surface area contributed by atoms with Gasteiger partial charge in [-0.1, -0.05) is 30.3 Å². The van der Waals surface area contributed by atoms with Gasteiger partial charge in [0.15, 0.2) is 69.8 Å². The van der Waals surface area contributed by atoms with E-state index in [9.17, 15) is 52.7 Å². The highest BCUT2D eigenvalue weighted by atomic mass is 19.2. The molecule has 0 amide bonds. The molecule has 0 radical (unpaired) electrons. The molecule has 0 aliphatic heterocycles. The highest BCUT2D eigenvalue weighted by Gasteiger charge is 2.52. The van der Waals surface area contributed by atoms with Crippen molar-refractivity contribution in [3.63, 3.8) is 0 Å². The van der Waals surface area contributed by atoms with Crippen LogP contribution in [-0.2, 0) is 0 Å². The maximum Gasteiger partial charge on any atom is 0.230 e. The molecule has 0 bridgehead atoms. The first-order valence-corrected chi connectivity index (χ1v) is 17.3. The zero-order valence-electron chi connectivity index (χ0n) is 31.3. The first-order valence-electron chi connectivity index (χ1n) is 17.3. The molecule has 64 heavy (non-hydrogen) atoms. The number of benzene rings is 6. The first kappa shape index (κ1) is 46.7. The van der Waals surface area contributed by atoms with E-state index in [1.807, 2.05) is 24.5 Å². The number of aromatic nitrogens is 1. The van der Waals surface area contributed by atoms with Gasteiger partial charge in [0.2, 0.25) is 18.1 Å². The number of pyridine rings is 1. The van der Waals surface area contributed by atoms with Crippen LogP contribution in [0, 0.1) is 130 Å². The molecular weight excluding hydrogens is 913 g/mol. The van der Waals surface area contributed by atoms with Gasteiger partial charge in [0.1, 0.15) is 52.7 Å². The standard InChI is InChI=1S/C24BF20.C17H16NO/c26-5-1(6(27)14(35)21(42)13(5)34)25(2-7(28)15(36)22(43)16(37)8(2)29,3-9(30)17(38)23(44)18(39)10(3)31)4-11(32)19(40)24(45)20(41)12(4)33;1-13-7-8-14(2)17(11-13)19-18-10-9-15-5-3-4-6-16(15)12-18/h;3-12H,1-2H3/q-1;+1. The molecule has 7 aromatic rings. The molecular formula is C41H16BF20NO. The quantitative estimate of drug-likeness (QED) is 0.0533. The van der Waals surface area contributed by atoms with Crippen LogP contribution in [-0.4, -0.2) is 6.15 Å². The molecule has 0 N–H and O–H groups in total. The van der Waals surface area contributed by atoms with Crippen LogP contribution in [0.1, 0.15) is 11.1 Å². The molecule has 0 unspecified atom stereocenters. The molecule has 0 spiro atoms. The summed E-state index contributed by atoms with van der Waals surface area (Å²) >= 11 is 0. The van der Waals surface area contributed by atoms with Crippen molar-refractivity contribution in [2.75, 3.05) is 0 Å². The summed E-state index contributed by atoms with van der Waals surface area (Å²) in [5.41, 5.74) is -12.0. The summed E-state index contributed by atoms with van der Waals surface area (Å²) in [4.78, 5) is 5.91. The molecule has 0 aliphatic rings. The smallest absolute Gasteiger partial charge is 0.230 e. The van der Waals surface area contributed by atoms with Gasteiger partial charge < -0.3 is 0 Å². The van der Waals surface area contributed by atoms with Crippen LogP contribution >= 0.6 is 0 Å². The Morgan fingerprint density at radius 1 is 0.359 bits per heavy atom. The molecule has 23 heteroatoms. The maximum absolute atomic E-state index is 15.4. The van der Waals surface area contributed by atoms with E-state index >= 15 is 35.1 Å². The van der Waals surface area contributed by atoms with Gasteiger partial charge in [-0.3, -0.25) is 0 Å². The lowest BCUT2D eigenvalue weighted by atomic mass is 9.12. The van der Waals surface area contributed by atoms with Gasteiger partial charge in [0, 0.05) is 10.8 Å². The second kappa shape index (κ2) is 17.1. The van der Waals surface area contributed by atoms with Gasteiger partial charge in [-0.15, -0.1) is 21.9 Å². The largest absolute Gasteiger partial charge is 0.231 e. The van der Waals surface area contributed by atoms with Crippen LogP contribution in [0.4, 0.5) is 87.8 Å². The summed E-state index contributed by atoms with van der Waals surface area (Å²) in [5.74, 6) is -70.5. The molecule has 334 valence electrons. The number of fused-ring (bicyclic) bond motifs is 1. The Bertz CT molecular complexity index is 2690. The van der Waals surface area contributed by atoms with Gasteiger partial charge >= 0.3 is 0 Å². The third-order valence-electron chi connectivity index (χ3n) is 9.92. The highest BCUT2D eigenvalue weighted by Crippen LogP contribution is 2.31. The average molecular weight is 929 g/mol. The van der Waals surface area contributed by atoms with Crippen molar-refractivity contribution >= 4 is 38.8 Å². The Morgan fingerprint density at radius 2 is 0.656 bits per heavy atom. The van der Waals surface area contributed by atoms with Gasteiger partial charge in [-0.05, 0) is 42.5 Å². The van der Waals surface area contributed by atoms with Crippen molar-refractivity contribution in [2.24, 2.45) is 0 Å². The average Bonchev–Trinajstić information content (AvgIpc) is 3.27. The molecule has 0 saturated carbocycles. The third kappa shape index (κ3) is 7.19. The van der Waals surface area contributed by atoms with Gasteiger partial charge in [0.05, 0.1) is 5.39 Å². The SMILES string of the molecule is Cc1ccc(C)c(O[n+]2ccc3ccccc3c2)c1.Fc1c(F)c(F)c([B-](c2c(F)c(F)c(F)c(F)c2F)(c2c(F)c(F)c(F)c(F)c2F)c2c(F)c(F)c(F)c(F)c2F)c(F)c1F. The van der Waals surface area contributed by atoms with Gasteiger partial charge in [-0.2, -0.15) is 0 Å². The van der Waals surface area contributed by atoms with Crippen LogP contribution in [0.3, 0.4) is 0 Å². The lowest BCUT2D eigenvalue weighted by molar-refractivity contribution is -0.874. The Hall–Kier alpha value is -6.81. The molecule has 2 nitrogen and oxygen atoms in total. The molecule has 0 atom stereocenters. The van der Waals surface area contributed by atoms with Crippen molar-refractivity contribution < 1.29 is 97.4 Å². The highest BCUT2D eigenvalue weighted by molar-refractivity contribution is 7.20. The summed E-state index contributed by atoms with van der Waals surface area (Å²) < 4.78 is 296. The summed E-state index contributed by atoms with van der Waals surface area (Å²) in [7, 11) is 0. The molecule has 0 fully saturated rings. The van der Waals surface area contributed by atoms with E-state index in [1.54, 1.807) is 4.73 Å². The maximum atomic E-state index is 15.4. The number of halogens is 20. The predicted molar refractivity (Wildman–Crippen MR) is 185 cm³/mol. The van der Waals surface area contributed by atoms with Crippen LogP contribution in [0.2, 0.25) is 0 Å². The van der Waals surface area contributed by atoms with Crippen LogP contribution in [0.5, 0.6) is 5.75 Å². The van der Waals surface area contributed by atoms with Crippen molar-refractivity contribution in [3.05, 3.63) is 188 Å². The van der Waals surface area contributed by atoms with E-state index in [-0.39, 0.29) is 0 Å².